The van der Waals surface area contributed by atoms with Gasteiger partial charge in [-0.1, -0.05) is 6.07 Å². The summed E-state index contributed by atoms with van der Waals surface area (Å²) in [5.41, 5.74) is 0. The van der Waals surface area contributed by atoms with Gasteiger partial charge in [-0.25, -0.2) is 9.69 Å². The Bertz CT molecular complexity index is 527. The summed E-state index contributed by atoms with van der Waals surface area (Å²) < 4.78 is 4.71. The Kier molecular flexibility index (Phi) is 3.43. The number of carbonyl (C=O) groups excluding carboxylic acids is 3. The quantitative estimate of drug-likeness (QED) is 0.829. The highest BCUT2D eigenvalue weighted by molar-refractivity contribution is 7.10. The third-order valence-corrected chi connectivity index (χ3v) is 4.45. The van der Waals surface area contributed by atoms with Crippen molar-refractivity contribution in [2.24, 2.45) is 0 Å². The SMILES string of the molecule is O=C(Cc1cccs1)N1CC[C@@H](N2C(=O)COC2=O)C1. The molecule has 106 valence electrons. The summed E-state index contributed by atoms with van der Waals surface area (Å²) in [6.07, 6.45) is 0.410. The van der Waals surface area contributed by atoms with Crippen LogP contribution in [0.15, 0.2) is 17.5 Å². The van der Waals surface area contributed by atoms with E-state index in [1.54, 1.807) is 16.2 Å². The van der Waals surface area contributed by atoms with Crippen LogP contribution in [-0.2, 0) is 20.7 Å². The Hall–Kier alpha value is -1.89. The van der Waals surface area contributed by atoms with E-state index < -0.39 is 6.09 Å². The predicted octanol–water partition coefficient (Wildman–Crippen LogP) is 0.870. The predicted molar refractivity (Wildman–Crippen MR) is 71.2 cm³/mol. The maximum absolute atomic E-state index is 12.1. The maximum Gasteiger partial charge on any atom is 0.417 e. The van der Waals surface area contributed by atoms with E-state index in [0.29, 0.717) is 25.9 Å². The smallest absolute Gasteiger partial charge is 0.417 e. The molecule has 0 spiro atoms. The number of ether oxygens (including phenoxy) is 1. The van der Waals surface area contributed by atoms with Gasteiger partial charge < -0.3 is 9.64 Å². The standard InChI is InChI=1S/C13H14N2O4S/c16-11(6-10-2-1-5-20-10)14-4-3-9(7-14)15-12(17)8-19-13(15)18/h1-2,5,9H,3-4,6-8H2/t9-/m1/s1. The molecule has 0 radical (unpaired) electrons. The molecule has 2 saturated heterocycles. The van der Waals surface area contributed by atoms with Gasteiger partial charge in [0, 0.05) is 18.0 Å². The van der Waals surface area contributed by atoms with Crippen LogP contribution in [0.3, 0.4) is 0 Å². The van der Waals surface area contributed by atoms with Gasteiger partial charge in [-0.15, -0.1) is 11.3 Å². The lowest BCUT2D eigenvalue weighted by molar-refractivity contribution is -0.131. The number of cyclic esters (lactones) is 1. The van der Waals surface area contributed by atoms with Crippen molar-refractivity contribution >= 4 is 29.2 Å². The van der Waals surface area contributed by atoms with Crippen molar-refractivity contribution in [3.8, 4) is 0 Å². The summed E-state index contributed by atoms with van der Waals surface area (Å²) in [5.74, 6) is -0.275. The number of nitrogens with zero attached hydrogens (tertiary/aromatic N) is 2. The fourth-order valence-corrected chi connectivity index (χ4v) is 3.27. The molecule has 6 nitrogen and oxygen atoms in total. The van der Waals surface area contributed by atoms with Gasteiger partial charge in [-0.3, -0.25) is 9.59 Å². The molecule has 0 unspecified atom stereocenters. The lowest BCUT2D eigenvalue weighted by Crippen LogP contribution is -2.42. The second-order valence-corrected chi connectivity index (χ2v) is 5.89. The molecule has 1 aromatic rings. The molecule has 2 aliphatic rings. The van der Waals surface area contributed by atoms with Crippen LogP contribution in [0.4, 0.5) is 4.79 Å². The van der Waals surface area contributed by atoms with Gasteiger partial charge in [-0.2, -0.15) is 0 Å². The zero-order valence-electron chi connectivity index (χ0n) is 10.8. The second-order valence-electron chi connectivity index (χ2n) is 4.86. The van der Waals surface area contributed by atoms with E-state index in [1.165, 1.54) is 0 Å². The first-order chi connectivity index (χ1) is 9.65. The van der Waals surface area contributed by atoms with Crippen molar-refractivity contribution in [1.29, 1.82) is 0 Å². The van der Waals surface area contributed by atoms with Crippen LogP contribution < -0.4 is 0 Å². The molecule has 3 rings (SSSR count). The van der Waals surface area contributed by atoms with E-state index in [-0.39, 0.29) is 24.5 Å². The van der Waals surface area contributed by atoms with Crippen LogP contribution in [0.1, 0.15) is 11.3 Å². The van der Waals surface area contributed by atoms with Crippen molar-refractivity contribution in [2.45, 2.75) is 18.9 Å². The molecule has 0 bridgehead atoms. The van der Waals surface area contributed by atoms with Crippen molar-refractivity contribution in [1.82, 2.24) is 9.80 Å². The van der Waals surface area contributed by atoms with Crippen molar-refractivity contribution in [2.75, 3.05) is 19.7 Å². The molecule has 0 aromatic carbocycles. The number of hydrogen-bond donors (Lipinski definition) is 0. The number of amides is 3. The number of hydrogen-bond acceptors (Lipinski definition) is 5. The summed E-state index contributed by atoms with van der Waals surface area (Å²) in [6, 6.07) is 3.60. The van der Waals surface area contributed by atoms with Gasteiger partial charge in [0.25, 0.3) is 5.91 Å². The molecule has 20 heavy (non-hydrogen) atoms. The average molecular weight is 294 g/mol. The average Bonchev–Trinajstić information content (AvgIpc) is 3.11. The Morgan fingerprint density at radius 1 is 1.45 bits per heavy atom. The Morgan fingerprint density at radius 3 is 2.95 bits per heavy atom. The number of carbonyl (C=O) groups is 3. The highest BCUT2D eigenvalue weighted by atomic mass is 32.1. The number of thiophene rings is 1. The molecular formula is C13H14N2O4S. The normalized spacial score (nSPS) is 22.5. The van der Waals surface area contributed by atoms with E-state index >= 15 is 0 Å². The minimum atomic E-state index is -0.590. The Labute approximate surface area is 119 Å². The molecule has 0 saturated carbocycles. The molecule has 0 N–H and O–H groups in total. The van der Waals surface area contributed by atoms with Crippen LogP contribution in [-0.4, -0.2) is 53.4 Å². The first kappa shape index (κ1) is 13.1. The van der Waals surface area contributed by atoms with E-state index in [9.17, 15) is 14.4 Å². The summed E-state index contributed by atoms with van der Waals surface area (Å²) in [7, 11) is 0. The van der Waals surface area contributed by atoms with E-state index in [2.05, 4.69) is 0 Å². The molecular weight excluding hydrogens is 280 g/mol. The van der Waals surface area contributed by atoms with Crippen LogP contribution >= 0.6 is 11.3 Å². The van der Waals surface area contributed by atoms with Gasteiger partial charge in [0.1, 0.15) is 0 Å². The number of imide groups is 1. The highest BCUT2D eigenvalue weighted by Crippen LogP contribution is 2.21. The molecule has 1 aromatic heterocycles. The summed E-state index contributed by atoms with van der Waals surface area (Å²) >= 11 is 1.55. The monoisotopic (exact) mass is 294 g/mol. The maximum atomic E-state index is 12.1. The molecule has 3 amide bonds. The number of rotatable bonds is 3. The molecule has 7 heteroatoms. The van der Waals surface area contributed by atoms with Crippen LogP contribution in [0.5, 0.6) is 0 Å². The van der Waals surface area contributed by atoms with Crippen LogP contribution in [0.2, 0.25) is 0 Å². The van der Waals surface area contributed by atoms with E-state index in [1.807, 2.05) is 17.5 Å². The van der Waals surface area contributed by atoms with Crippen molar-refractivity contribution in [3.63, 3.8) is 0 Å². The topological polar surface area (TPSA) is 66.9 Å². The van der Waals surface area contributed by atoms with Crippen molar-refractivity contribution < 1.29 is 19.1 Å². The molecule has 1 atom stereocenters. The lowest BCUT2D eigenvalue weighted by atomic mass is 10.2. The highest BCUT2D eigenvalue weighted by Gasteiger charge is 2.41. The second kappa shape index (κ2) is 5.24. The minimum absolute atomic E-state index is 0.0370. The minimum Gasteiger partial charge on any atom is -0.439 e. The first-order valence-electron chi connectivity index (χ1n) is 6.44. The van der Waals surface area contributed by atoms with Gasteiger partial charge in [0.2, 0.25) is 5.91 Å². The molecule has 2 aliphatic heterocycles. The fraction of sp³-hybridized carbons (Fsp3) is 0.462. The van der Waals surface area contributed by atoms with Gasteiger partial charge in [0.05, 0.1) is 12.5 Å². The van der Waals surface area contributed by atoms with Gasteiger partial charge in [-0.05, 0) is 17.9 Å². The summed E-state index contributed by atoms with van der Waals surface area (Å²) in [4.78, 5) is 39.1. The first-order valence-corrected chi connectivity index (χ1v) is 7.32. The van der Waals surface area contributed by atoms with Gasteiger partial charge in [0.15, 0.2) is 6.61 Å². The lowest BCUT2D eigenvalue weighted by Gasteiger charge is -2.20. The molecule has 3 heterocycles. The van der Waals surface area contributed by atoms with E-state index in [4.69, 9.17) is 4.74 Å². The van der Waals surface area contributed by atoms with Gasteiger partial charge >= 0.3 is 6.09 Å². The third kappa shape index (κ3) is 2.40. The van der Waals surface area contributed by atoms with Crippen LogP contribution in [0, 0.1) is 0 Å². The van der Waals surface area contributed by atoms with Crippen molar-refractivity contribution in [3.05, 3.63) is 22.4 Å². The van der Waals surface area contributed by atoms with E-state index in [0.717, 1.165) is 9.78 Å². The summed E-state index contributed by atoms with van der Waals surface area (Å²) in [5, 5.41) is 1.94. The Morgan fingerprint density at radius 2 is 2.30 bits per heavy atom. The third-order valence-electron chi connectivity index (χ3n) is 3.57. The zero-order chi connectivity index (χ0) is 14.1. The van der Waals surface area contributed by atoms with Crippen LogP contribution in [0.25, 0.3) is 0 Å². The Balaban J connectivity index is 1.60. The molecule has 2 fully saturated rings. The zero-order valence-corrected chi connectivity index (χ0v) is 11.6. The summed E-state index contributed by atoms with van der Waals surface area (Å²) in [6.45, 7) is 0.801. The molecule has 0 aliphatic carbocycles. The fourth-order valence-electron chi connectivity index (χ4n) is 2.57. The largest absolute Gasteiger partial charge is 0.439 e. The number of likely N-dealkylation sites (tertiary alicyclic amines) is 1.